The van der Waals surface area contributed by atoms with Crippen LogP contribution < -0.4 is 0 Å². The first-order valence-corrected chi connectivity index (χ1v) is 10.5. The first-order chi connectivity index (χ1) is 15.1. The smallest absolute Gasteiger partial charge is 0.435 e. The molecule has 4 rings (SSSR count). The second-order valence-corrected chi connectivity index (χ2v) is 8.45. The van der Waals surface area contributed by atoms with E-state index in [9.17, 15) is 27.2 Å². The quantitative estimate of drug-likeness (QED) is 0.714. The molecule has 0 atom stereocenters. The molecule has 6 nitrogen and oxygen atoms in total. The van der Waals surface area contributed by atoms with Gasteiger partial charge in [-0.1, -0.05) is 12.1 Å². The van der Waals surface area contributed by atoms with Crippen LogP contribution in [0.25, 0.3) is 0 Å². The van der Waals surface area contributed by atoms with Crippen LogP contribution in [0.3, 0.4) is 0 Å². The van der Waals surface area contributed by atoms with Crippen LogP contribution in [0, 0.1) is 17.7 Å². The number of carboxylic acid groups (broad SMARTS) is 1. The van der Waals surface area contributed by atoms with Gasteiger partial charge in [0.1, 0.15) is 5.82 Å². The maximum Gasteiger partial charge on any atom is 0.435 e. The predicted octanol–water partition coefficient (Wildman–Crippen LogP) is 3.87. The summed E-state index contributed by atoms with van der Waals surface area (Å²) in [6.45, 7) is 0.206. The van der Waals surface area contributed by atoms with Crippen molar-refractivity contribution in [1.82, 2.24) is 14.7 Å². The van der Waals surface area contributed by atoms with Crippen molar-refractivity contribution in [2.75, 3.05) is 6.54 Å². The summed E-state index contributed by atoms with van der Waals surface area (Å²) in [6.07, 6.45) is -2.80. The molecule has 1 aliphatic carbocycles. The van der Waals surface area contributed by atoms with Gasteiger partial charge in [0.15, 0.2) is 5.69 Å². The highest BCUT2D eigenvalue weighted by Crippen LogP contribution is 2.36. The molecule has 0 unspecified atom stereocenters. The lowest BCUT2D eigenvalue weighted by atomic mass is 9.81. The van der Waals surface area contributed by atoms with Crippen LogP contribution in [0.1, 0.15) is 48.2 Å². The van der Waals surface area contributed by atoms with Gasteiger partial charge in [-0.3, -0.25) is 14.3 Å². The standard InChI is InChI=1S/C22H23F4N3O3/c23-16-7-1-13(2-8-16)11-29-18-12-28(10-9-17(18)19(27-29)22(24,25)26)20(30)14-3-5-15(6-4-14)21(31)32/h1-2,7-8,14-15H,3-6,9-12H2,(H,31,32). The summed E-state index contributed by atoms with van der Waals surface area (Å²) >= 11 is 0. The van der Waals surface area contributed by atoms with Crippen molar-refractivity contribution in [2.45, 2.75) is 51.4 Å². The van der Waals surface area contributed by atoms with Crippen molar-refractivity contribution < 1.29 is 32.3 Å². The minimum absolute atomic E-state index is 0.0112. The molecule has 0 saturated heterocycles. The molecule has 1 fully saturated rings. The maximum absolute atomic E-state index is 13.6. The van der Waals surface area contributed by atoms with E-state index < -0.39 is 29.6 Å². The highest BCUT2D eigenvalue weighted by Gasteiger charge is 2.41. The van der Waals surface area contributed by atoms with Crippen LogP contribution in [-0.2, 0) is 35.3 Å². The van der Waals surface area contributed by atoms with Gasteiger partial charge in [0.05, 0.1) is 24.7 Å². The first kappa shape index (κ1) is 22.3. The second kappa shape index (κ2) is 8.55. The third kappa shape index (κ3) is 4.49. The monoisotopic (exact) mass is 453 g/mol. The van der Waals surface area contributed by atoms with E-state index in [4.69, 9.17) is 5.11 Å². The number of aromatic nitrogens is 2. The SMILES string of the molecule is O=C(O)C1CCC(C(=O)N2CCc3c(C(F)(F)F)nn(Cc4ccc(F)cc4)c3C2)CC1. The van der Waals surface area contributed by atoms with E-state index in [0.717, 1.165) is 0 Å². The van der Waals surface area contributed by atoms with E-state index in [1.807, 2.05) is 0 Å². The summed E-state index contributed by atoms with van der Waals surface area (Å²) in [4.78, 5) is 25.7. The topological polar surface area (TPSA) is 75.4 Å². The molecule has 0 bridgehead atoms. The molecule has 2 aliphatic rings. The highest BCUT2D eigenvalue weighted by molar-refractivity contribution is 5.79. The van der Waals surface area contributed by atoms with Crippen LogP contribution in [0.15, 0.2) is 24.3 Å². The Bertz CT molecular complexity index is 1010. The second-order valence-electron chi connectivity index (χ2n) is 8.45. The van der Waals surface area contributed by atoms with Crippen LogP contribution >= 0.6 is 0 Å². The van der Waals surface area contributed by atoms with E-state index in [-0.39, 0.29) is 43.4 Å². The van der Waals surface area contributed by atoms with E-state index in [1.54, 1.807) is 4.90 Å². The number of carbonyl (C=O) groups excluding carboxylic acids is 1. The van der Waals surface area contributed by atoms with Crippen LogP contribution in [0.5, 0.6) is 0 Å². The van der Waals surface area contributed by atoms with Crippen molar-refractivity contribution in [2.24, 2.45) is 11.8 Å². The Morgan fingerprint density at radius 3 is 2.28 bits per heavy atom. The Balaban J connectivity index is 1.55. The fourth-order valence-electron chi connectivity index (χ4n) is 4.64. The van der Waals surface area contributed by atoms with Crippen molar-refractivity contribution in [3.63, 3.8) is 0 Å². The molecule has 32 heavy (non-hydrogen) atoms. The highest BCUT2D eigenvalue weighted by atomic mass is 19.4. The van der Waals surface area contributed by atoms with Crippen molar-refractivity contribution in [3.8, 4) is 0 Å². The summed E-state index contributed by atoms with van der Waals surface area (Å²) in [5.74, 6) is -2.21. The summed E-state index contributed by atoms with van der Waals surface area (Å²) in [6, 6.07) is 5.45. The molecule has 10 heteroatoms. The van der Waals surface area contributed by atoms with Gasteiger partial charge in [0.25, 0.3) is 0 Å². The molecule has 2 aromatic rings. The minimum atomic E-state index is -4.61. The van der Waals surface area contributed by atoms with E-state index in [0.29, 0.717) is 36.9 Å². The zero-order valence-corrected chi connectivity index (χ0v) is 17.2. The Kier molecular flexibility index (Phi) is 5.96. The van der Waals surface area contributed by atoms with Crippen LogP contribution in [-0.4, -0.2) is 38.2 Å². The van der Waals surface area contributed by atoms with E-state index in [2.05, 4.69) is 5.10 Å². The number of benzene rings is 1. The molecule has 172 valence electrons. The molecule has 1 aromatic heterocycles. The summed E-state index contributed by atoms with van der Waals surface area (Å²) in [5.41, 5.74) is 0.0864. The Morgan fingerprint density at radius 1 is 1.06 bits per heavy atom. The van der Waals surface area contributed by atoms with Gasteiger partial charge in [0, 0.05) is 18.0 Å². The third-order valence-corrected chi connectivity index (χ3v) is 6.39. The summed E-state index contributed by atoms with van der Waals surface area (Å²) < 4.78 is 55.2. The number of nitrogens with zero attached hydrogens (tertiary/aromatic N) is 3. The fraction of sp³-hybridized carbons (Fsp3) is 0.500. The number of fused-ring (bicyclic) bond motifs is 1. The van der Waals surface area contributed by atoms with Gasteiger partial charge in [0.2, 0.25) is 5.91 Å². The van der Waals surface area contributed by atoms with Gasteiger partial charge in [-0.15, -0.1) is 0 Å². The lowest BCUT2D eigenvalue weighted by molar-refractivity contribution is -0.146. The number of carbonyl (C=O) groups is 2. The number of carboxylic acids is 1. The molecular weight excluding hydrogens is 430 g/mol. The number of amides is 1. The predicted molar refractivity (Wildman–Crippen MR) is 105 cm³/mol. The molecule has 1 aliphatic heterocycles. The molecular formula is C22H23F4N3O3. The average molecular weight is 453 g/mol. The Labute approximate surface area is 181 Å². The van der Waals surface area contributed by atoms with E-state index in [1.165, 1.54) is 28.9 Å². The summed E-state index contributed by atoms with van der Waals surface area (Å²) in [5, 5.41) is 12.9. The van der Waals surface area contributed by atoms with Crippen LogP contribution in [0.2, 0.25) is 0 Å². The first-order valence-electron chi connectivity index (χ1n) is 10.5. The number of alkyl halides is 3. The van der Waals surface area contributed by atoms with Crippen LogP contribution in [0.4, 0.5) is 17.6 Å². The van der Waals surface area contributed by atoms with Crippen molar-refractivity contribution in [1.29, 1.82) is 0 Å². The lowest BCUT2D eigenvalue weighted by Gasteiger charge is -2.33. The number of hydrogen-bond acceptors (Lipinski definition) is 3. The van der Waals surface area contributed by atoms with Crippen molar-refractivity contribution in [3.05, 3.63) is 52.6 Å². The molecule has 1 amide bonds. The lowest BCUT2D eigenvalue weighted by Crippen LogP contribution is -2.42. The fourth-order valence-corrected chi connectivity index (χ4v) is 4.64. The molecule has 2 heterocycles. The number of rotatable bonds is 4. The average Bonchev–Trinajstić information content (AvgIpc) is 3.13. The minimum Gasteiger partial charge on any atom is -0.481 e. The molecule has 1 saturated carbocycles. The van der Waals surface area contributed by atoms with Gasteiger partial charge >= 0.3 is 12.1 Å². The van der Waals surface area contributed by atoms with Gasteiger partial charge < -0.3 is 10.0 Å². The zero-order chi connectivity index (χ0) is 23.0. The molecule has 0 spiro atoms. The molecule has 1 N–H and O–H groups in total. The van der Waals surface area contributed by atoms with Crippen molar-refractivity contribution >= 4 is 11.9 Å². The third-order valence-electron chi connectivity index (χ3n) is 6.39. The number of halogens is 4. The van der Waals surface area contributed by atoms with E-state index >= 15 is 0 Å². The summed E-state index contributed by atoms with van der Waals surface area (Å²) in [7, 11) is 0. The zero-order valence-electron chi connectivity index (χ0n) is 17.2. The Hall–Kier alpha value is -2.91. The molecule has 1 aromatic carbocycles. The Morgan fingerprint density at radius 2 is 1.69 bits per heavy atom. The van der Waals surface area contributed by atoms with Gasteiger partial charge in [-0.2, -0.15) is 18.3 Å². The number of hydrogen-bond donors (Lipinski definition) is 1. The number of aliphatic carboxylic acids is 1. The largest absolute Gasteiger partial charge is 0.481 e. The van der Waals surface area contributed by atoms with Gasteiger partial charge in [-0.25, -0.2) is 4.39 Å². The van der Waals surface area contributed by atoms with Gasteiger partial charge in [-0.05, 0) is 49.8 Å². The normalized spacial score (nSPS) is 21.3. The maximum atomic E-state index is 13.6. The molecule has 0 radical (unpaired) electrons.